The summed E-state index contributed by atoms with van der Waals surface area (Å²) in [6.07, 6.45) is 0. The second-order valence-electron chi connectivity index (χ2n) is 4.98. The molecule has 1 rings (SSSR count). The Balaban J connectivity index is 2.93. The van der Waals surface area contributed by atoms with E-state index in [1.54, 1.807) is 0 Å². The van der Waals surface area contributed by atoms with Crippen molar-refractivity contribution in [3.63, 3.8) is 0 Å². The largest absolute Gasteiger partial charge is 0.396 e. The summed E-state index contributed by atoms with van der Waals surface area (Å²) in [5.74, 6) is -0.0943. The minimum atomic E-state index is -0.475. The summed E-state index contributed by atoms with van der Waals surface area (Å²) >= 11 is 17.9. The number of hydrogen-bond donors (Lipinski definition) is 2. The molecule has 1 aromatic rings. The van der Waals surface area contributed by atoms with Gasteiger partial charge in [-0.25, -0.2) is 0 Å². The Morgan fingerprint density at radius 2 is 1.83 bits per heavy atom. The summed E-state index contributed by atoms with van der Waals surface area (Å²) in [7, 11) is 0. The number of hydrogen-bond acceptors (Lipinski definition) is 2. The summed E-state index contributed by atoms with van der Waals surface area (Å²) in [5, 5.41) is 3.72. The van der Waals surface area contributed by atoms with E-state index < -0.39 is 5.41 Å². The molecule has 100 valence electrons. The molecule has 0 radical (unpaired) electrons. The van der Waals surface area contributed by atoms with Crippen molar-refractivity contribution < 1.29 is 4.79 Å². The van der Waals surface area contributed by atoms with Crippen molar-refractivity contribution in [2.24, 2.45) is 5.41 Å². The number of nitrogens with two attached hydrogens (primary N) is 1. The van der Waals surface area contributed by atoms with Crippen LogP contribution in [0.5, 0.6) is 0 Å². The number of nitrogens with one attached hydrogen (secondary N) is 1. The molecular weight excluding hydrogens is 295 g/mol. The number of anilines is 1. The fraction of sp³-hybridized carbons (Fsp3) is 0.417. The summed E-state index contributed by atoms with van der Waals surface area (Å²) in [4.78, 5) is 11.8. The summed E-state index contributed by atoms with van der Waals surface area (Å²) < 4.78 is 0. The number of carbonyl (C=O) groups excluding carboxylic acids is 1. The third-order valence-electron chi connectivity index (χ3n) is 2.41. The first-order chi connectivity index (χ1) is 8.14. The second-order valence-corrected chi connectivity index (χ2v) is 6.17. The van der Waals surface area contributed by atoms with Crippen LogP contribution in [0.25, 0.3) is 0 Å². The lowest BCUT2D eigenvalue weighted by Crippen LogP contribution is -2.34. The molecule has 0 fully saturated rings. The fourth-order valence-electron chi connectivity index (χ4n) is 1.24. The van der Waals surface area contributed by atoms with Crippen LogP contribution < -0.4 is 11.1 Å². The lowest BCUT2D eigenvalue weighted by Gasteiger charge is -2.19. The molecule has 1 aromatic carbocycles. The number of rotatable bonds is 2. The molecule has 18 heavy (non-hydrogen) atoms. The first kappa shape index (κ1) is 15.4. The lowest BCUT2D eigenvalue weighted by molar-refractivity contribution is -0.128. The Labute approximate surface area is 122 Å². The van der Waals surface area contributed by atoms with E-state index in [0.717, 1.165) is 0 Å². The Morgan fingerprint density at radius 1 is 1.28 bits per heavy atom. The van der Waals surface area contributed by atoms with Gasteiger partial charge in [-0.15, -0.1) is 0 Å². The van der Waals surface area contributed by atoms with Gasteiger partial charge in [0.05, 0.1) is 15.7 Å². The normalized spacial score (nSPS) is 11.4. The molecule has 0 bridgehead atoms. The van der Waals surface area contributed by atoms with Gasteiger partial charge >= 0.3 is 0 Å². The third kappa shape index (κ3) is 3.44. The van der Waals surface area contributed by atoms with Gasteiger partial charge in [-0.1, -0.05) is 55.6 Å². The summed E-state index contributed by atoms with van der Waals surface area (Å²) in [5.41, 5.74) is 6.07. The van der Waals surface area contributed by atoms with Crippen molar-refractivity contribution in [3.8, 4) is 0 Å². The quantitative estimate of drug-likeness (QED) is 0.814. The molecule has 0 aromatic heterocycles. The van der Waals surface area contributed by atoms with Crippen LogP contribution in [0.2, 0.25) is 15.1 Å². The van der Waals surface area contributed by atoms with Crippen molar-refractivity contribution in [3.05, 3.63) is 26.7 Å². The highest BCUT2D eigenvalue weighted by Crippen LogP contribution is 2.35. The highest BCUT2D eigenvalue weighted by molar-refractivity contribution is 6.42. The van der Waals surface area contributed by atoms with Crippen molar-refractivity contribution in [1.29, 1.82) is 0 Å². The van der Waals surface area contributed by atoms with Gasteiger partial charge < -0.3 is 11.1 Å². The number of benzene rings is 1. The lowest BCUT2D eigenvalue weighted by atomic mass is 9.95. The Hall–Kier alpha value is -0.640. The van der Waals surface area contributed by atoms with E-state index in [2.05, 4.69) is 5.32 Å². The highest BCUT2D eigenvalue weighted by Gasteiger charge is 2.22. The van der Waals surface area contributed by atoms with Crippen molar-refractivity contribution in [1.82, 2.24) is 5.32 Å². The van der Waals surface area contributed by atoms with Crippen molar-refractivity contribution in [2.45, 2.75) is 27.3 Å². The van der Waals surface area contributed by atoms with Crippen LogP contribution in [-0.4, -0.2) is 5.91 Å². The molecule has 0 atom stereocenters. The van der Waals surface area contributed by atoms with Crippen LogP contribution in [0.15, 0.2) is 6.07 Å². The van der Waals surface area contributed by atoms with E-state index >= 15 is 0 Å². The van der Waals surface area contributed by atoms with Gasteiger partial charge in [-0.2, -0.15) is 0 Å². The van der Waals surface area contributed by atoms with Crippen LogP contribution >= 0.6 is 34.8 Å². The SMILES string of the molecule is CC(C)(C)C(=O)NCc1c(Cl)cc(Cl)c(N)c1Cl. The zero-order valence-corrected chi connectivity index (χ0v) is 12.7. The van der Waals surface area contributed by atoms with Crippen LogP contribution in [-0.2, 0) is 11.3 Å². The van der Waals surface area contributed by atoms with Gasteiger partial charge in [0, 0.05) is 22.5 Å². The number of amides is 1. The van der Waals surface area contributed by atoms with Crippen LogP contribution in [0.4, 0.5) is 5.69 Å². The summed E-state index contributed by atoms with van der Waals surface area (Å²) in [6.45, 7) is 5.68. The van der Waals surface area contributed by atoms with Gasteiger partial charge in [0.1, 0.15) is 0 Å². The number of halogens is 3. The van der Waals surface area contributed by atoms with Crippen LogP contribution in [0.3, 0.4) is 0 Å². The molecule has 0 heterocycles. The molecule has 0 unspecified atom stereocenters. The second kappa shape index (κ2) is 5.55. The molecule has 0 saturated carbocycles. The number of carbonyl (C=O) groups is 1. The smallest absolute Gasteiger partial charge is 0.225 e. The first-order valence-corrected chi connectivity index (χ1v) is 6.48. The van der Waals surface area contributed by atoms with E-state index in [1.165, 1.54) is 6.07 Å². The molecule has 0 aliphatic heterocycles. The molecule has 1 amide bonds. The predicted octanol–water partition coefficient (Wildman–Crippen LogP) is 3.89. The Bertz CT molecular complexity index is 481. The van der Waals surface area contributed by atoms with Gasteiger partial charge in [-0.3, -0.25) is 4.79 Å². The summed E-state index contributed by atoms with van der Waals surface area (Å²) in [6, 6.07) is 1.52. The van der Waals surface area contributed by atoms with Gasteiger partial charge in [-0.05, 0) is 6.07 Å². The number of nitrogen functional groups attached to an aromatic ring is 1. The van der Waals surface area contributed by atoms with E-state index in [0.29, 0.717) is 15.6 Å². The van der Waals surface area contributed by atoms with Crippen molar-refractivity contribution >= 4 is 46.4 Å². The maximum absolute atomic E-state index is 11.8. The first-order valence-electron chi connectivity index (χ1n) is 5.34. The molecular formula is C12H15Cl3N2O. The van der Waals surface area contributed by atoms with Gasteiger partial charge in [0.15, 0.2) is 0 Å². The van der Waals surface area contributed by atoms with E-state index in [4.69, 9.17) is 40.5 Å². The topological polar surface area (TPSA) is 55.1 Å². The van der Waals surface area contributed by atoms with Gasteiger partial charge in [0.2, 0.25) is 5.91 Å². The molecule has 6 heteroatoms. The maximum atomic E-state index is 11.8. The molecule has 3 N–H and O–H groups in total. The van der Waals surface area contributed by atoms with E-state index in [-0.39, 0.29) is 23.2 Å². The van der Waals surface area contributed by atoms with Crippen LogP contribution in [0.1, 0.15) is 26.3 Å². The highest BCUT2D eigenvalue weighted by atomic mass is 35.5. The fourth-order valence-corrected chi connectivity index (χ4v) is 2.14. The predicted molar refractivity (Wildman–Crippen MR) is 77.2 cm³/mol. The zero-order chi connectivity index (χ0) is 14.1. The molecule has 0 aliphatic carbocycles. The molecule has 3 nitrogen and oxygen atoms in total. The molecule has 0 aliphatic rings. The third-order valence-corrected chi connectivity index (χ3v) is 3.49. The van der Waals surface area contributed by atoms with Crippen LogP contribution in [0, 0.1) is 5.41 Å². The Kier molecular flexibility index (Phi) is 4.76. The minimum absolute atomic E-state index is 0.0943. The van der Waals surface area contributed by atoms with E-state index in [9.17, 15) is 4.79 Å². The molecule has 0 saturated heterocycles. The van der Waals surface area contributed by atoms with Crippen molar-refractivity contribution in [2.75, 3.05) is 5.73 Å². The average molecular weight is 310 g/mol. The minimum Gasteiger partial charge on any atom is -0.396 e. The standard InChI is InChI=1S/C12H15Cl3N2O/c1-12(2,3)11(18)17-5-6-7(13)4-8(14)10(16)9(6)15/h4H,5,16H2,1-3H3,(H,17,18). The monoisotopic (exact) mass is 308 g/mol. The van der Waals surface area contributed by atoms with E-state index in [1.807, 2.05) is 20.8 Å². The average Bonchev–Trinajstić information content (AvgIpc) is 2.24. The Morgan fingerprint density at radius 3 is 2.33 bits per heavy atom. The molecule has 0 spiro atoms. The maximum Gasteiger partial charge on any atom is 0.225 e. The van der Waals surface area contributed by atoms with Gasteiger partial charge in [0.25, 0.3) is 0 Å². The zero-order valence-electron chi connectivity index (χ0n) is 10.4.